The van der Waals surface area contributed by atoms with Crippen molar-refractivity contribution in [2.75, 3.05) is 11.5 Å². The van der Waals surface area contributed by atoms with Gasteiger partial charge in [-0.2, -0.15) is 0 Å². The van der Waals surface area contributed by atoms with E-state index in [4.69, 9.17) is 0 Å². The molecule has 98 valence electrons. The maximum absolute atomic E-state index is 12.8. The molecule has 1 heterocycles. The number of halogens is 1. The Labute approximate surface area is 105 Å². The monoisotopic (exact) mass is 290 g/mol. The molecule has 1 unspecified atom stereocenters. The molecule has 1 aliphatic heterocycles. The first-order chi connectivity index (χ1) is 8.30. The van der Waals surface area contributed by atoms with E-state index in [0.717, 1.165) is 23.6 Å². The summed E-state index contributed by atoms with van der Waals surface area (Å²) in [4.78, 5) is 0. The van der Waals surface area contributed by atoms with E-state index in [9.17, 15) is 21.2 Å². The molecule has 1 atom stereocenters. The van der Waals surface area contributed by atoms with Crippen LogP contribution in [-0.2, 0) is 19.7 Å². The third-order valence-electron chi connectivity index (χ3n) is 2.69. The molecule has 0 aliphatic carbocycles. The molecular formula is C11H11FO4S2. The van der Waals surface area contributed by atoms with E-state index < -0.39 is 36.5 Å². The quantitative estimate of drug-likeness (QED) is 0.780. The van der Waals surface area contributed by atoms with Crippen molar-refractivity contribution in [3.8, 4) is 0 Å². The Kier molecular flexibility index (Phi) is 3.29. The molecule has 0 saturated heterocycles. The summed E-state index contributed by atoms with van der Waals surface area (Å²) in [6.07, 6.45) is 1.13. The lowest BCUT2D eigenvalue weighted by Gasteiger charge is -2.14. The molecule has 0 fully saturated rings. The van der Waals surface area contributed by atoms with Gasteiger partial charge in [0, 0.05) is 5.41 Å². The topological polar surface area (TPSA) is 68.3 Å². The van der Waals surface area contributed by atoms with E-state index in [1.54, 1.807) is 0 Å². The highest BCUT2D eigenvalue weighted by atomic mass is 32.2. The molecule has 18 heavy (non-hydrogen) atoms. The van der Waals surface area contributed by atoms with Crippen LogP contribution in [0.1, 0.15) is 10.8 Å². The van der Waals surface area contributed by atoms with Crippen LogP contribution in [0.5, 0.6) is 0 Å². The van der Waals surface area contributed by atoms with Crippen molar-refractivity contribution in [2.45, 2.75) is 5.25 Å². The molecule has 0 amide bonds. The minimum absolute atomic E-state index is 0.295. The van der Waals surface area contributed by atoms with E-state index in [2.05, 4.69) is 0 Å². The van der Waals surface area contributed by atoms with Crippen LogP contribution in [0, 0.1) is 5.82 Å². The lowest BCUT2D eigenvalue weighted by atomic mass is 10.2. The van der Waals surface area contributed by atoms with Gasteiger partial charge in [-0.25, -0.2) is 21.2 Å². The number of hydrogen-bond donors (Lipinski definition) is 0. The summed E-state index contributed by atoms with van der Waals surface area (Å²) >= 11 is 0. The fraction of sp³-hybridized carbons (Fsp3) is 0.273. The van der Waals surface area contributed by atoms with Crippen LogP contribution < -0.4 is 0 Å². The van der Waals surface area contributed by atoms with Gasteiger partial charge >= 0.3 is 0 Å². The number of sulfone groups is 2. The van der Waals surface area contributed by atoms with E-state index in [1.807, 2.05) is 0 Å². The Bertz CT molecular complexity index is 672. The number of rotatable bonds is 1. The minimum Gasteiger partial charge on any atom is -0.228 e. The van der Waals surface area contributed by atoms with Crippen LogP contribution in [0.2, 0.25) is 0 Å². The Morgan fingerprint density at radius 1 is 1.06 bits per heavy atom. The van der Waals surface area contributed by atoms with Crippen molar-refractivity contribution < 1.29 is 21.2 Å². The van der Waals surface area contributed by atoms with Crippen LogP contribution in [0.25, 0.3) is 0 Å². The van der Waals surface area contributed by atoms with Crippen LogP contribution in [0.4, 0.5) is 4.39 Å². The summed E-state index contributed by atoms with van der Waals surface area (Å²) < 4.78 is 59.9. The molecule has 0 radical (unpaired) electrons. The fourth-order valence-electron chi connectivity index (χ4n) is 1.79. The van der Waals surface area contributed by atoms with Crippen LogP contribution in [0.15, 0.2) is 35.7 Å². The molecular weight excluding hydrogens is 279 g/mol. The zero-order valence-corrected chi connectivity index (χ0v) is 10.9. The highest BCUT2D eigenvalue weighted by molar-refractivity contribution is 7.97. The molecule has 0 saturated carbocycles. The second-order valence-corrected chi connectivity index (χ2v) is 8.23. The van der Waals surface area contributed by atoms with Crippen molar-refractivity contribution in [1.82, 2.24) is 0 Å². The van der Waals surface area contributed by atoms with Crippen molar-refractivity contribution in [2.24, 2.45) is 0 Å². The molecule has 2 rings (SSSR count). The highest BCUT2D eigenvalue weighted by Crippen LogP contribution is 2.28. The molecule has 4 nitrogen and oxygen atoms in total. The summed E-state index contributed by atoms with van der Waals surface area (Å²) in [6.45, 7) is 0. The Balaban J connectivity index is 2.50. The van der Waals surface area contributed by atoms with Crippen molar-refractivity contribution >= 4 is 19.7 Å². The van der Waals surface area contributed by atoms with Gasteiger partial charge in [-0.15, -0.1) is 0 Å². The largest absolute Gasteiger partial charge is 0.228 e. The van der Waals surface area contributed by atoms with Gasteiger partial charge in [0.15, 0.2) is 19.7 Å². The van der Waals surface area contributed by atoms with Crippen LogP contribution in [0.3, 0.4) is 0 Å². The Hall–Kier alpha value is -1.21. The number of hydrogen-bond acceptors (Lipinski definition) is 4. The van der Waals surface area contributed by atoms with Gasteiger partial charge in [0.2, 0.25) is 0 Å². The summed E-state index contributed by atoms with van der Waals surface area (Å²) in [7, 11) is -7.14. The van der Waals surface area contributed by atoms with Gasteiger partial charge in [-0.3, -0.25) is 0 Å². The second kappa shape index (κ2) is 4.47. The Morgan fingerprint density at radius 2 is 1.67 bits per heavy atom. The summed E-state index contributed by atoms with van der Waals surface area (Å²) in [5, 5.41) is -0.216. The standard InChI is InChI=1S/C11H11FO4S2/c12-10-4-2-9(3-5-10)11-8-17(13,14)6-1-7-18(11,15)16/h1-6,11H,7-8H2. The van der Waals surface area contributed by atoms with Gasteiger partial charge in [-0.05, 0) is 17.7 Å². The average molecular weight is 290 g/mol. The normalized spacial score (nSPS) is 25.5. The molecule has 0 bridgehead atoms. The smallest absolute Gasteiger partial charge is 0.172 e. The van der Waals surface area contributed by atoms with Gasteiger partial charge in [0.1, 0.15) is 11.1 Å². The van der Waals surface area contributed by atoms with Crippen molar-refractivity contribution in [3.05, 3.63) is 47.1 Å². The van der Waals surface area contributed by atoms with Crippen molar-refractivity contribution in [3.63, 3.8) is 0 Å². The predicted molar refractivity (Wildman–Crippen MR) is 65.9 cm³/mol. The predicted octanol–water partition coefficient (Wildman–Crippen LogP) is 1.22. The molecule has 1 aromatic rings. The zero-order valence-electron chi connectivity index (χ0n) is 9.28. The molecule has 1 aromatic carbocycles. The average Bonchev–Trinajstić information content (AvgIpc) is 2.36. The maximum Gasteiger partial charge on any atom is 0.172 e. The maximum atomic E-state index is 12.8. The van der Waals surface area contributed by atoms with Gasteiger partial charge in [0.25, 0.3) is 0 Å². The molecule has 0 spiro atoms. The molecule has 1 aliphatic rings. The lowest BCUT2D eigenvalue weighted by molar-refractivity contribution is 0.582. The first-order valence-electron chi connectivity index (χ1n) is 5.16. The molecule has 0 aromatic heterocycles. The minimum atomic E-state index is -3.59. The van der Waals surface area contributed by atoms with Gasteiger partial charge < -0.3 is 0 Å². The first kappa shape index (κ1) is 13.2. The van der Waals surface area contributed by atoms with Gasteiger partial charge in [0.05, 0.1) is 11.5 Å². The highest BCUT2D eigenvalue weighted by Gasteiger charge is 2.32. The molecule has 0 N–H and O–H groups in total. The van der Waals surface area contributed by atoms with E-state index >= 15 is 0 Å². The first-order valence-corrected chi connectivity index (χ1v) is 8.60. The SMILES string of the molecule is O=S1(=O)C=CCS(=O)(=O)C(c2ccc(F)cc2)C1. The third kappa shape index (κ3) is 2.78. The van der Waals surface area contributed by atoms with Crippen LogP contribution >= 0.6 is 0 Å². The third-order valence-corrected chi connectivity index (χ3v) is 6.27. The summed E-state index contributed by atoms with van der Waals surface area (Å²) in [5.41, 5.74) is 0.295. The lowest BCUT2D eigenvalue weighted by Crippen LogP contribution is -2.21. The zero-order chi connectivity index (χ0) is 13.4. The van der Waals surface area contributed by atoms with Gasteiger partial charge in [-0.1, -0.05) is 18.2 Å². The Morgan fingerprint density at radius 3 is 2.28 bits per heavy atom. The fourth-order valence-corrected chi connectivity index (χ4v) is 5.59. The van der Waals surface area contributed by atoms with Crippen LogP contribution in [-0.4, -0.2) is 28.3 Å². The second-order valence-electron chi connectivity index (χ2n) is 4.07. The van der Waals surface area contributed by atoms with Crippen molar-refractivity contribution in [1.29, 1.82) is 0 Å². The summed E-state index contributed by atoms with van der Waals surface area (Å²) in [5.74, 6) is -1.32. The van der Waals surface area contributed by atoms with E-state index in [1.165, 1.54) is 12.1 Å². The number of benzene rings is 1. The van der Waals surface area contributed by atoms with E-state index in [-0.39, 0.29) is 5.75 Å². The summed E-state index contributed by atoms with van der Waals surface area (Å²) in [6, 6.07) is 4.85. The molecule has 7 heteroatoms. The van der Waals surface area contributed by atoms with E-state index in [0.29, 0.717) is 5.56 Å².